The Labute approximate surface area is 75.7 Å². The molecule has 0 N–H and O–H groups in total. The number of isocyanates is 1. The Hall–Kier alpha value is -1.54. The number of hydrogen-bond acceptors (Lipinski definition) is 4. The summed E-state index contributed by atoms with van der Waals surface area (Å²) >= 11 is 0. The average molecular weight is 175 g/mol. The highest BCUT2D eigenvalue weighted by molar-refractivity contribution is 5.43. The first-order valence-corrected chi connectivity index (χ1v) is 4.33. The van der Waals surface area contributed by atoms with Crippen LogP contribution in [0.25, 0.3) is 0 Å². The molecule has 0 radical (unpaired) electrons. The highest BCUT2D eigenvalue weighted by Gasteiger charge is 2.11. The second kappa shape index (κ2) is 3.46. The second-order valence-electron chi connectivity index (χ2n) is 3.03. The molecule has 4 nitrogen and oxygen atoms in total. The number of nitrogens with zero attached hydrogens (tertiary/aromatic N) is 3. The van der Waals surface area contributed by atoms with E-state index in [1.54, 1.807) is 0 Å². The summed E-state index contributed by atoms with van der Waals surface area (Å²) in [6.45, 7) is 0. The molecule has 4 heteroatoms. The number of fused-ring (bicyclic) bond motifs is 1. The Balaban J connectivity index is 2.40. The van der Waals surface area contributed by atoms with Crippen LogP contribution >= 0.6 is 0 Å². The minimum atomic E-state index is 0.371. The van der Waals surface area contributed by atoms with Gasteiger partial charge in [0.2, 0.25) is 6.08 Å². The molecule has 0 aliphatic heterocycles. The van der Waals surface area contributed by atoms with E-state index >= 15 is 0 Å². The maximum absolute atomic E-state index is 9.98. The van der Waals surface area contributed by atoms with Gasteiger partial charge in [0.1, 0.15) is 0 Å². The van der Waals surface area contributed by atoms with Gasteiger partial charge in [0.05, 0.1) is 17.6 Å². The number of aryl methyl sites for hydroxylation is 2. The molecule has 0 unspecified atom stereocenters. The van der Waals surface area contributed by atoms with Gasteiger partial charge in [0, 0.05) is 0 Å². The van der Waals surface area contributed by atoms with Gasteiger partial charge in [-0.2, -0.15) is 0 Å². The molecule has 0 aromatic carbocycles. The number of aliphatic imine (C=N–C) groups is 1. The fraction of sp³-hybridized carbons (Fsp3) is 0.444. The van der Waals surface area contributed by atoms with Crippen molar-refractivity contribution in [2.75, 3.05) is 0 Å². The maximum atomic E-state index is 9.98. The van der Waals surface area contributed by atoms with Gasteiger partial charge in [0.15, 0.2) is 5.82 Å². The highest BCUT2D eigenvalue weighted by atomic mass is 16.1. The molecule has 1 aliphatic rings. The molecule has 0 saturated carbocycles. The van der Waals surface area contributed by atoms with Crippen LogP contribution < -0.4 is 0 Å². The van der Waals surface area contributed by atoms with E-state index in [0.29, 0.717) is 5.82 Å². The van der Waals surface area contributed by atoms with E-state index < -0.39 is 0 Å². The zero-order valence-corrected chi connectivity index (χ0v) is 7.16. The van der Waals surface area contributed by atoms with Crippen LogP contribution in [0.4, 0.5) is 5.82 Å². The van der Waals surface area contributed by atoms with Crippen LogP contribution in [0.2, 0.25) is 0 Å². The quantitative estimate of drug-likeness (QED) is 0.477. The molecule has 0 saturated heterocycles. The molecule has 0 amide bonds. The van der Waals surface area contributed by atoms with Crippen LogP contribution in [0.3, 0.4) is 0 Å². The van der Waals surface area contributed by atoms with Gasteiger partial charge >= 0.3 is 0 Å². The third-order valence-electron chi connectivity index (χ3n) is 2.16. The molecular weight excluding hydrogens is 166 g/mol. The molecule has 1 heterocycles. The lowest BCUT2D eigenvalue weighted by Crippen LogP contribution is -2.06. The van der Waals surface area contributed by atoms with Crippen LogP contribution in [0.15, 0.2) is 11.2 Å². The van der Waals surface area contributed by atoms with Gasteiger partial charge in [0.25, 0.3) is 0 Å². The monoisotopic (exact) mass is 175 g/mol. The van der Waals surface area contributed by atoms with Crippen LogP contribution in [-0.4, -0.2) is 16.0 Å². The third-order valence-corrected chi connectivity index (χ3v) is 2.16. The Kier molecular flexibility index (Phi) is 2.15. The smallest absolute Gasteiger partial charge is 0.242 e. The van der Waals surface area contributed by atoms with Crippen molar-refractivity contribution < 1.29 is 4.79 Å². The fourth-order valence-corrected chi connectivity index (χ4v) is 1.54. The summed E-state index contributed by atoms with van der Waals surface area (Å²) < 4.78 is 0. The summed E-state index contributed by atoms with van der Waals surface area (Å²) in [5.41, 5.74) is 2.04. The number of hydrogen-bond donors (Lipinski definition) is 0. The molecule has 0 spiro atoms. The lowest BCUT2D eigenvalue weighted by molar-refractivity contribution is 0.565. The Morgan fingerprint density at radius 2 is 2.08 bits per heavy atom. The van der Waals surface area contributed by atoms with E-state index in [-0.39, 0.29) is 0 Å². The normalized spacial score (nSPS) is 14.5. The first kappa shape index (κ1) is 8.08. The van der Waals surface area contributed by atoms with Gasteiger partial charge in [-0.15, -0.1) is 4.99 Å². The largest absolute Gasteiger partial charge is 0.255 e. The predicted octanol–water partition coefficient (Wildman–Crippen LogP) is 1.32. The molecular formula is C9H9N3O. The number of rotatable bonds is 1. The maximum Gasteiger partial charge on any atom is 0.242 e. The van der Waals surface area contributed by atoms with Crippen molar-refractivity contribution in [2.24, 2.45) is 4.99 Å². The number of carbonyl (C=O) groups excluding carboxylic acids is 1. The van der Waals surface area contributed by atoms with Crippen LogP contribution in [-0.2, 0) is 17.6 Å². The molecule has 66 valence electrons. The lowest BCUT2D eigenvalue weighted by Gasteiger charge is -2.12. The minimum absolute atomic E-state index is 0.371. The number of aromatic nitrogens is 2. The van der Waals surface area contributed by atoms with Crippen molar-refractivity contribution in [1.82, 2.24) is 9.97 Å². The first-order valence-electron chi connectivity index (χ1n) is 4.33. The summed E-state index contributed by atoms with van der Waals surface area (Å²) in [5.74, 6) is 0.371. The standard InChI is InChI=1S/C9H9N3O/c13-6-11-9-5-10-7-3-1-2-4-8(7)12-9/h5H,1-4H2. The fourth-order valence-electron chi connectivity index (χ4n) is 1.54. The average Bonchev–Trinajstić information content (AvgIpc) is 2.18. The zero-order valence-electron chi connectivity index (χ0n) is 7.16. The van der Waals surface area contributed by atoms with Crippen molar-refractivity contribution >= 4 is 11.9 Å². The van der Waals surface area contributed by atoms with Gasteiger partial charge in [-0.25, -0.2) is 9.78 Å². The van der Waals surface area contributed by atoms with Crippen molar-refractivity contribution in [3.05, 3.63) is 17.6 Å². The second-order valence-corrected chi connectivity index (χ2v) is 3.03. The van der Waals surface area contributed by atoms with E-state index in [1.807, 2.05) is 0 Å². The third kappa shape index (κ3) is 1.63. The summed E-state index contributed by atoms with van der Waals surface area (Å²) in [7, 11) is 0. The van der Waals surface area contributed by atoms with E-state index in [9.17, 15) is 4.79 Å². The van der Waals surface area contributed by atoms with Gasteiger partial charge in [-0.1, -0.05) is 0 Å². The van der Waals surface area contributed by atoms with Gasteiger partial charge < -0.3 is 0 Å². The van der Waals surface area contributed by atoms with E-state index in [2.05, 4.69) is 15.0 Å². The first-order chi connectivity index (χ1) is 6.40. The highest BCUT2D eigenvalue weighted by Crippen LogP contribution is 2.19. The minimum Gasteiger partial charge on any atom is -0.255 e. The van der Waals surface area contributed by atoms with Crippen molar-refractivity contribution in [1.29, 1.82) is 0 Å². The van der Waals surface area contributed by atoms with Crippen LogP contribution in [0.1, 0.15) is 24.2 Å². The molecule has 2 rings (SSSR count). The Morgan fingerprint density at radius 1 is 1.31 bits per heavy atom. The molecule has 13 heavy (non-hydrogen) atoms. The topological polar surface area (TPSA) is 55.2 Å². The summed E-state index contributed by atoms with van der Waals surface area (Å²) in [5, 5.41) is 0. The van der Waals surface area contributed by atoms with Gasteiger partial charge in [-0.05, 0) is 25.7 Å². The summed E-state index contributed by atoms with van der Waals surface area (Å²) in [6, 6.07) is 0. The molecule has 0 atom stereocenters. The van der Waals surface area contributed by atoms with Crippen molar-refractivity contribution in [2.45, 2.75) is 25.7 Å². The molecule has 1 aliphatic carbocycles. The van der Waals surface area contributed by atoms with Crippen LogP contribution in [0.5, 0.6) is 0 Å². The van der Waals surface area contributed by atoms with Gasteiger partial charge in [-0.3, -0.25) is 4.98 Å². The van der Waals surface area contributed by atoms with Crippen molar-refractivity contribution in [3.8, 4) is 0 Å². The Morgan fingerprint density at radius 3 is 2.85 bits per heavy atom. The lowest BCUT2D eigenvalue weighted by atomic mass is 10.0. The van der Waals surface area contributed by atoms with E-state index in [0.717, 1.165) is 30.7 Å². The van der Waals surface area contributed by atoms with Crippen LogP contribution in [0, 0.1) is 0 Å². The van der Waals surface area contributed by atoms with E-state index in [1.165, 1.54) is 18.7 Å². The summed E-state index contributed by atoms with van der Waals surface area (Å²) in [6.07, 6.45) is 7.26. The summed E-state index contributed by atoms with van der Waals surface area (Å²) in [4.78, 5) is 21.8. The Bertz CT molecular complexity index is 369. The molecule has 0 bridgehead atoms. The molecule has 0 fully saturated rings. The van der Waals surface area contributed by atoms with Crippen molar-refractivity contribution in [3.63, 3.8) is 0 Å². The molecule has 1 aromatic rings. The molecule has 1 aromatic heterocycles. The predicted molar refractivity (Wildman–Crippen MR) is 46.5 cm³/mol. The zero-order chi connectivity index (χ0) is 9.10. The van der Waals surface area contributed by atoms with E-state index in [4.69, 9.17) is 0 Å². The SMILES string of the molecule is O=C=Nc1cnc2c(n1)CCCC2.